The minimum absolute atomic E-state index is 0.554. The molecule has 0 fully saturated rings. The molecule has 0 aromatic rings. The van der Waals surface area contributed by atoms with E-state index in [0.29, 0.717) is 6.42 Å². The van der Waals surface area contributed by atoms with Crippen LogP contribution in [0.5, 0.6) is 0 Å². The molecule has 96 valence electrons. The lowest BCUT2D eigenvalue weighted by Crippen LogP contribution is -1.90. The Bertz CT molecular complexity index is 404. The van der Waals surface area contributed by atoms with Crippen LogP contribution in [-0.2, 0) is 0 Å². The van der Waals surface area contributed by atoms with Gasteiger partial charge in [0.2, 0.25) is 0 Å². The van der Waals surface area contributed by atoms with Crippen molar-refractivity contribution in [2.45, 2.75) is 64.2 Å². The summed E-state index contributed by atoms with van der Waals surface area (Å²) in [7, 11) is 0. The van der Waals surface area contributed by atoms with Crippen LogP contribution >= 0.6 is 0 Å². The zero-order valence-electron chi connectivity index (χ0n) is 11.3. The molecule has 2 rings (SSSR count). The Morgan fingerprint density at radius 2 is 1.78 bits per heavy atom. The first kappa shape index (κ1) is 13.1. The van der Waals surface area contributed by atoms with E-state index in [1.807, 2.05) is 0 Å². The lowest BCUT2D eigenvalue weighted by molar-refractivity contribution is 0.706. The number of nitriles is 1. The van der Waals surface area contributed by atoms with Crippen molar-refractivity contribution in [1.82, 2.24) is 0 Å². The summed E-state index contributed by atoms with van der Waals surface area (Å²) in [5.41, 5.74) is 4.53. The summed E-state index contributed by atoms with van der Waals surface area (Å²) in [5, 5.41) is 8.69. The van der Waals surface area contributed by atoms with Gasteiger partial charge >= 0.3 is 0 Å². The van der Waals surface area contributed by atoms with Crippen molar-refractivity contribution in [3.63, 3.8) is 0 Å². The summed E-state index contributed by atoms with van der Waals surface area (Å²) in [6, 6.07) is 2.22. The van der Waals surface area contributed by atoms with Crippen LogP contribution in [0.25, 0.3) is 0 Å². The zero-order valence-corrected chi connectivity index (χ0v) is 11.3. The van der Waals surface area contributed by atoms with Crippen molar-refractivity contribution in [3.05, 3.63) is 34.9 Å². The van der Waals surface area contributed by atoms with Crippen molar-refractivity contribution in [3.8, 4) is 6.07 Å². The molecule has 0 N–H and O–H groups in total. The highest BCUT2D eigenvalue weighted by Gasteiger charge is 2.11. The first-order valence-corrected chi connectivity index (χ1v) is 7.36. The fourth-order valence-corrected chi connectivity index (χ4v) is 2.91. The Morgan fingerprint density at radius 3 is 2.67 bits per heavy atom. The molecule has 0 bridgehead atoms. The second kappa shape index (κ2) is 7.21. The van der Waals surface area contributed by atoms with Gasteiger partial charge in [-0.05, 0) is 62.5 Å². The number of hydrogen-bond acceptors (Lipinski definition) is 1. The van der Waals surface area contributed by atoms with E-state index in [-0.39, 0.29) is 0 Å². The standard InChI is InChI=1S/C17H23N/c18-13-7-9-15-8-5-6-12-17(14-15)16-10-3-1-2-4-11-16/h9-10,14H,1-8,11-12H2. The summed E-state index contributed by atoms with van der Waals surface area (Å²) >= 11 is 0. The highest BCUT2D eigenvalue weighted by molar-refractivity contribution is 5.38. The minimum Gasteiger partial charge on any atom is -0.198 e. The highest BCUT2D eigenvalue weighted by Crippen LogP contribution is 2.31. The number of hydrogen-bond donors (Lipinski definition) is 0. The van der Waals surface area contributed by atoms with Crippen molar-refractivity contribution in [2.75, 3.05) is 0 Å². The third-order valence-electron chi connectivity index (χ3n) is 3.93. The van der Waals surface area contributed by atoms with Gasteiger partial charge in [-0.1, -0.05) is 30.2 Å². The molecule has 1 nitrogen and oxygen atoms in total. The average molecular weight is 241 g/mol. The lowest BCUT2D eigenvalue weighted by atomic mass is 9.96. The fourth-order valence-electron chi connectivity index (χ4n) is 2.91. The van der Waals surface area contributed by atoms with Crippen LogP contribution in [0.1, 0.15) is 64.2 Å². The molecule has 0 atom stereocenters. The monoisotopic (exact) mass is 241 g/mol. The highest BCUT2D eigenvalue weighted by atomic mass is 14.2. The van der Waals surface area contributed by atoms with Crippen LogP contribution in [-0.4, -0.2) is 0 Å². The maximum atomic E-state index is 8.69. The third-order valence-corrected chi connectivity index (χ3v) is 3.93. The summed E-state index contributed by atoms with van der Waals surface area (Å²) in [5.74, 6) is 0. The predicted octanol–water partition coefficient (Wildman–Crippen LogP) is 5.22. The topological polar surface area (TPSA) is 23.8 Å². The van der Waals surface area contributed by atoms with Gasteiger partial charge in [-0.15, -0.1) is 0 Å². The van der Waals surface area contributed by atoms with E-state index in [1.54, 1.807) is 11.1 Å². The molecule has 0 unspecified atom stereocenters. The van der Waals surface area contributed by atoms with Crippen molar-refractivity contribution in [2.24, 2.45) is 0 Å². The summed E-state index contributed by atoms with van der Waals surface area (Å²) < 4.78 is 0. The molecule has 2 aliphatic carbocycles. The van der Waals surface area contributed by atoms with E-state index in [1.165, 1.54) is 56.9 Å². The van der Waals surface area contributed by atoms with Gasteiger partial charge in [0.15, 0.2) is 0 Å². The van der Waals surface area contributed by atoms with Crippen LogP contribution < -0.4 is 0 Å². The SMILES string of the molecule is N#CCC=C1C=C(C2=CCCCCC2)CCCC1. The normalized spacial score (nSPS) is 23.6. The molecule has 0 amide bonds. The van der Waals surface area contributed by atoms with Gasteiger partial charge < -0.3 is 0 Å². The van der Waals surface area contributed by atoms with Crippen LogP contribution in [0.3, 0.4) is 0 Å². The Morgan fingerprint density at radius 1 is 1.00 bits per heavy atom. The first-order chi connectivity index (χ1) is 8.90. The van der Waals surface area contributed by atoms with Crippen molar-refractivity contribution in [1.29, 1.82) is 5.26 Å². The predicted molar refractivity (Wildman–Crippen MR) is 76.0 cm³/mol. The second-order valence-electron chi connectivity index (χ2n) is 5.35. The van der Waals surface area contributed by atoms with Crippen LogP contribution in [0.15, 0.2) is 34.9 Å². The van der Waals surface area contributed by atoms with Crippen molar-refractivity contribution < 1.29 is 0 Å². The largest absolute Gasteiger partial charge is 0.198 e. The van der Waals surface area contributed by atoms with Crippen molar-refractivity contribution >= 4 is 0 Å². The molecule has 0 saturated carbocycles. The van der Waals surface area contributed by atoms with E-state index in [2.05, 4.69) is 24.3 Å². The zero-order chi connectivity index (χ0) is 12.6. The maximum Gasteiger partial charge on any atom is 0.0663 e. The van der Waals surface area contributed by atoms with Gasteiger partial charge in [-0.3, -0.25) is 0 Å². The third kappa shape index (κ3) is 3.88. The average Bonchev–Trinajstić information content (AvgIpc) is 2.78. The van der Waals surface area contributed by atoms with E-state index in [0.717, 1.165) is 6.42 Å². The number of rotatable bonds is 2. The molecule has 0 spiro atoms. The molecule has 2 aliphatic rings. The van der Waals surface area contributed by atoms with Gasteiger partial charge in [0.1, 0.15) is 0 Å². The molecular formula is C17H23N. The van der Waals surface area contributed by atoms with Gasteiger partial charge in [0.25, 0.3) is 0 Å². The fraction of sp³-hybridized carbons (Fsp3) is 0.588. The van der Waals surface area contributed by atoms with E-state index < -0.39 is 0 Å². The summed E-state index contributed by atoms with van der Waals surface area (Å²) in [4.78, 5) is 0. The summed E-state index contributed by atoms with van der Waals surface area (Å²) in [6.07, 6.45) is 19.1. The van der Waals surface area contributed by atoms with Crippen LogP contribution in [0.4, 0.5) is 0 Å². The van der Waals surface area contributed by atoms with E-state index >= 15 is 0 Å². The Labute approximate surface area is 111 Å². The van der Waals surface area contributed by atoms with Gasteiger partial charge in [-0.2, -0.15) is 5.26 Å². The molecule has 0 heterocycles. The molecule has 0 aromatic heterocycles. The Hall–Kier alpha value is -1.29. The molecule has 0 radical (unpaired) electrons. The second-order valence-corrected chi connectivity index (χ2v) is 5.35. The lowest BCUT2D eigenvalue weighted by Gasteiger charge is -2.09. The maximum absolute atomic E-state index is 8.69. The number of allylic oxidation sites excluding steroid dienone is 6. The first-order valence-electron chi connectivity index (χ1n) is 7.36. The molecule has 0 aromatic carbocycles. The summed E-state index contributed by atoms with van der Waals surface area (Å²) in [6.45, 7) is 0. The molecule has 1 heteroatoms. The molecule has 18 heavy (non-hydrogen) atoms. The Balaban J connectivity index is 2.15. The minimum atomic E-state index is 0.554. The van der Waals surface area contributed by atoms with Gasteiger partial charge in [0.05, 0.1) is 12.5 Å². The Kier molecular flexibility index (Phi) is 5.27. The van der Waals surface area contributed by atoms with Crippen LogP contribution in [0, 0.1) is 11.3 Å². The van der Waals surface area contributed by atoms with E-state index in [4.69, 9.17) is 5.26 Å². The molecular weight excluding hydrogens is 218 g/mol. The molecule has 0 saturated heterocycles. The van der Waals surface area contributed by atoms with Gasteiger partial charge in [-0.25, -0.2) is 0 Å². The quantitative estimate of drug-likeness (QED) is 0.650. The van der Waals surface area contributed by atoms with E-state index in [9.17, 15) is 0 Å². The van der Waals surface area contributed by atoms with Crippen LogP contribution in [0.2, 0.25) is 0 Å². The molecule has 0 aliphatic heterocycles. The smallest absolute Gasteiger partial charge is 0.0663 e. The number of nitrogens with zero attached hydrogens (tertiary/aromatic N) is 1. The van der Waals surface area contributed by atoms with Gasteiger partial charge in [0, 0.05) is 0 Å².